The standard InChI is InChI=1S/C21H24O5/c1-4-21(22)24-13-5-12-23-19-10-7-18(8-11-19)15-25-26-20-9-6-16(2)17(3)14-20/h4,6-11,14H,1,5,12-13,15H2,2-3H3. The van der Waals surface area contributed by atoms with Gasteiger partial charge >= 0.3 is 5.97 Å². The molecule has 2 rings (SSSR count). The van der Waals surface area contributed by atoms with Crippen molar-refractivity contribution in [2.24, 2.45) is 0 Å². The molecule has 0 saturated carbocycles. The van der Waals surface area contributed by atoms with Crippen LogP contribution in [0.2, 0.25) is 0 Å². The molecule has 0 bridgehead atoms. The number of carbonyl (C=O) groups excluding carboxylic acids is 1. The van der Waals surface area contributed by atoms with Crippen LogP contribution in [0.4, 0.5) is 0 Å². The molecule has 0 spiro atoms. The zero-order valence-electron chi connectivity index (χ0n) is 15.2. The van der Waals surface area contributed by atoms with Gasteiger partial charge in [0.1, 0.15) is 12.4 Å². The van der Waals surface area contributed by atoms with Gasteiger partial charge in [-0.05, 0) is 54.8 Å². The molecule has 0 N–H and O–H groups in total. The van der Waals surface area contributed by atoms with Crippen LogP contribution in [0.15, 0.2) is 55.1 Å². The van der Waals surface area contributed by atoms with Crippen molar-refractivity contribution in [3.8, 4) is 11.5 Å². The predicted octanol–water partition coefficient (Wildman–Crippen LogP) is 4.31. The summed E-state index contributed by atoms with van der Waals surface area (Å²) in [4.78, 5) is 21.5. The summed E-state index contributed by atoms with van der Waals surface area (Å²) in [6.07, 6.45) is 1.76. The number of aryl methyl sites for hydroxylation is 2. The van der Waals surface area contributed by atoms with Crippen molar-refractivity contribution in [2.75, 3.05) is 13.2 Å². The topological polar surface area (TPSA) is 54.0 Å². The summed E-state index contributed by atoms with van der Waals surface area (Å²) >= 11 is 0. The highest BCUT2D eigenvalue weighted by molar-refractivity contribution is 5.81. The van der Waals surface area contributed by atoms with E-state index < -0.39 is 5.97 Å². The molecule has 0 aliphatic heterocycles. The Morgan fingerprint density at radius 1 is 1.00 bits per heavy atom. The fourth-order valence-corrected chi connectivity index (χ4v) is 2.09. The summed E-state index contributed by atoms with van der Waals surface area (Å²) in [5.74, 6) is 1.02. The number of esters is 1. The van der Waals surface area contributed by atoms with E-state index in [1.165, 1.54) is 5.56 Å². The van der Waals surface area contributed by atoms with Gasteiger partial charge in [0, 0.05) is 12.5 Å². The first-order chi connectivity index (χ1) is 12.6. The quantitative estimate of drug-likeness (QED) is 0.209. The third-order valence-corrected chi connectivity index (χ3v) is 3.75. The van der Waals surface area contributed by atoms with Crippen LogP contribution in [0.3, 0.4) is 0 Å². The summed E-state index contributed by atoms with van der Waals surface area (Å²) in [5, 5.41) is 0. The van der Waals surface area contributed by atoms with E-state index >= 15 is 0 Å². The highest BCUT2D eigenvalue weighted by Crippen LogP contribution is 2.18. The first kappa shape index (κ1) is 19.5. The minimum Gasteiger partial charge on any atom is -0.493 e. The molecule has 2 aromatic carbocycles. The first-order valence-corrected chi connectivity index (χ1v) is 8.46. The zero-order valence-corrected chi connectivity index (χ0v) is 15.2. The van der Waals surface area contributed by atoms with Crippen LogP contribution in [0.5, 0.6) is 11.5 Å². The average Bonchev–Trinajstić information content (AvgIpc) is 2.65. The van der Waals surface area contributed by atoms with Crippen molar-refractivity contribution < 1.29 is 24.0 Å². The first-order valence-electron chi connectivity index (χ1n) is 8.46. The lowest BCUT2D eigenvalue weighted by Crippen LogP contribution is -2.06. The van der Waals surface area contributed by atoms with E-state index in [1.54, 1.807) is 0 Å². The smallest absolute Gasteiger partial charge is 0.330 e. The summed E-state index contributed by atoms with van der Waals surface area (Å²) in [6.45, 7) is 8.54. The van der Waals surface area contributed by atoms with Gasteiger partial charge in [0.25, 0.3) is 0 Å². The summed E-state index contributed by atoms with van der Waals surface area (Å²) in [7, 11) is 0. The largest absolute Gasteiger partial charge is 0.493 e. The third-order valence-electron chi connectivity index (χ3n) is 3.75. The Balaban J connectivity index is 1.67. The van der Waals surface area contributed by atoms with E-state index in [0.717, 1.165) is 23.0 Å². The number of carbonyl (C=O) groups is 1. The molecule has 5 heteroatoms. The number of benzene rings is 2. The monoisotopic (exact) mass is 356 g/mol. The van der Waals surface area contributed by atoms with Gasteiger partial charge in [-0.25, -0.2) is 4.79 Å². The second kappa shape index (κ2) is 10.3. The van der Waals surface area contributed by atoms with E-state index in [-0.39, 0.29) is 0 Å². The fourth-order valence-electron chi connectivity index (χ4n) is 2.09. The number of rotatable bonds is 10. The molecule has 138 valence electrons. The number of hydrogen-bond donors (Lipinski definition) is 0. The van der Waals surface area contributed by atoms with Crippen LogP contribution in [0, 0.1) is 13.8 Å². The Labute approximate surface area is 154 Å². The van der Waals surface area contributed by atoms with Crippen molar-refractivity contribution in [3.05, 3.63) is 71.8 Å². The fraction of sp³-hybridized carbons (Fsp3) is 0.286. The Morgan fingerprint density at radius 3 is 2.42 bits per heavy atom. The van der Waals surface area contributed by atoms with Crippen LogP contribution >= 0.6 is 0 Å². The molecule has 0 aliphatic rings. The second-order valence-corrected chi connectivity index (χ2v) is 5.81. The van der Waals surface area contributed by atoms with Crippen LogP contribution in [0.1, 0.15) is 23.1 Å². The number of ether oxygens (including phenoxy) is 2. The van der Waals surface area contributed by atoms with Crippen molar-refractivity contribution in [1.82, 2.24) is 0 Å². The van der Waals surface area contributed by atoms with E-state index in [4.69, 9.17) is 19.2 Å². The summed E-state index contributed by atoms with van der Waals surface area (Å²) < 4.78 is 10.5. The molecule has 2 aromatic rings. The third kappa shape index (κ3) is 6.61. The molecule has 0 atom stereocenters. The van der Waals surface area contributed by atoms with Crippen molar-refractivity contribution in [3.63, 3.8) is 0 Å². The van der Waals surface area contributed by atoms with E-state index in [0.29, 0.717) is 32.0 Å². The average molecular weight is 356 g/mol. The molecular weight excluding hydrogens is 332 g/mol. The molecule has 0 amide bonds. The van der Waals surface area contributed by atoms with Crippen molar-refractivity contribution in [2.45, 2.75) is 26.9 Å². The van der Waals surface area contributed by atoms with Gasteiger partial charge in [-0.2, -0.15) is 4.89 Å². The highest BCUT2D eigenvalue weighted by atomic mass is 17.2. The maximum atomic E-state index is 10.9. The van der Waals surface area contributed by atoms with Gasteiger partial charge in [0.15, 0.2) is 5.75 Å². The Hall–Kier alpha value is -2.79. The van der Waals surface area contributed by atoms with Gasteiger partial charge in [-0.1, -0.05) is 24.8 Å². The lowest BCUT2D eigenvalue weighted by atomic mass is 10.1. The highest BCUT2D eigenvalue weighted by Gasteiger charge is 2.01. The van der Waals surface area contributed by atoms with Crippen LogP contribution in [-0.2, 0) is 21.0 Å². The SMILES string of the molecule is C=CC(=O)OCCCOc1ccc(COOc2ccc(C)c(C)c2)cc1. The van der Waals surface area contributed by atoms with Gasteiger partial charge < -0.3 is 14.4 Å². The van der Waals surface area contributed by atoms with E-state index in [1.807, 2.05) is 49.4 Å². The zero-order chi connectivity index (χ0) is 18.8. The Kier molecular flexibility index (Phi) is 7.71. The molecule has 0 saturated heterocycles. The summed E-state index contributed by atoms with van der Waals surface area (Å²) in [5.41, 5.74) is 3.35. The van der Waals surface area contributed by atoms with Gasteiger partial charge in [0.2, 0.25) is 0 Å². The maximum absolute atomic E-state index is 10.9. The van der Waals surface area contributed by atoms with Crippen LogP contribution in [-0.4, -0.2) is 19.2 Å². The summed E-state index contributed by atoms with van der Waals surface area (Å²) in [6, 6.07) is 13.4. The minimum atomic E-state index is -0.419. The molecule has 0 aromatic heterocycles. The molecule has 0 heterocycles. The molecular formula is C21H24O5. The van der Waals surface area contributed by atoms with Crippen molar-refractivity contribution >= 4 is 5.97 Å². The van der Waals surface area contributed by atoms with Crippen molar-refractivity contribution in [1.29, 1.82) is 0 Å². The lowest BCUT2D eigenvalue weighted by Gasteiger charge is -2.09. The maximum Gasteiger partial charge on any atom is 0.330 e. The van der Waals surface area contributed by atoms with Crippen LogP contribution < -0.4 is 9.62 Å². The molecule has 0 aliphatic carbocycles. The molecule has 0 radical (unpaired) electrons. The van der Waals surface area contributed by atoms with E-state index in [2.05, 4.69) is 13.5 Å². The normalized spacial score (nSPS) is 10.2. The van der Waals surface area contributed by atoms with Crippen LogP contribution in [0.25, 0.3) is 0 Å². The Bertz CT molecular complexity index is 722. The van der Waals surface area contributed by atoms with Gasteiger partial charge in [-0.15, -0.1) is 0 Å². The Morgan fingerprint density at radius 2 is 1.73 bits per heavy atom. The minimum absolute atomic E-state index is 0.312. The molecule has 26 heavy (non-hydrogen) atoms. The molecule has 0 unspecified atom stereocenters. The predicted molar refractivity (Wildman–Crippen MR) is 99.0 cm³/mol. The molecule has 0 fully saturated rings. The van der Waals surface area contributed by atoms with Gasteiger partial charge in [-0.3, -0.25) is 0 Å². The molecule has 5 nitrogen and oxygen atoms in total. The van der Waals surface area contributed by atoms with Gasteiger partial charge in [0.05, 0.1) is 13.2 Å². The van der Waals surface area contributed by atoms with E-state index in [9.17, 15) is 4.79 Å². The second-order valence-electron chi connectivity index (χ2n) is 5.81. The lowest BCUT2D eigenvalue weighted by molar-refractivity contribution is -0.217. The number of hydrogen-bond acceptors (Lipinski definition) is 5.